The summed E-state index contributed by atoms with van der Waals surface area (Å²) >= 11 is 3.30. The number of sulfonamides is 1. The Hall–Kier alpha value is -3.99. The molecule has 0 fully saturated rings. The number of hydrogen-bond acceptors (Lipinski definition) is 6. The molecule has 0 radical (unpaired) electrons. The Kier molecular flexibility index (Phi) is 10.9. The smallest absolute Gasteiger partial charge is 0.324 e. The van der Waals surface area contributed by atoms with Gasteiger partial charge < -0.3 is 14.8 Å². The van der Waals surface area contributed by atoms with E-state index in [1.807, 2.05) is 42.5 Å². The summed E-state index contributed by atoms with van der Waals surface area (Å²) in [6.45, 7) is -0.167. The van der Waals surface area contributed by atoms with Crippen molar-refractivity contribution in [2.45, 2.75) is 29.8 Å². The highest BCUT2D eigenvalue weighted by Gasteiger charge is 2.30. The number of rotatable bonds is 13. The van der Waals surface area contributed by atoms with Crippen molar-refractivity contribution in [2.24, 2.45) is 0 Å². The first-order valence-corrected chi connectivity index (χ1v) is 15.5. The maximum absolute atomic E-state index is 13.5. The van der Waals surface area contributed by atoms with Gasteiger partial charge in [0.15, 0.2) is 0 Å². The third-order valence-electron chi connectivity index (χ3n) is 6.40. The molecule has 2 unspecified atom stereocenters. The fraction of sp³-hybridized carbons (Fsp3) is 0.188. The van der Waals surface area contributed by atoms with E-state index in [-0.39, 0.29) is 29.6 Å². The Labute approximate surface area is 254 Å². The molecule has 2 atom stereocenters. The van der Waals surface area contributed by atoms with Crippen LogP contribution < -0.4 is 14.8 Å². The van der Waals surface area contributed by atoms with Crippen LogP contribution in [0.2, 0.25) is 0 Å². The topological polar surface area (TPSA) is 111 Å². The van der Waals surface area contributed by atoms with E-state index >= 15 is 0 Å². The molecule has 218 valence electrons. The third-order valence-corrected chi connectivity index (χ3v) is 8.39. The molecule has 0 aromatic heterocycles. The predicted octanol–water partition coefficient (Wildman–Crippen LogP) is 4.93. The van der Waals surface area contributed by atoms with Crippen molar-refractivity contribution in [1.82, 2.24) is 10.0 Å². The summed E-state index contributed by atoms with van der Waals surface area (Å²) in [7, 11) is -2.84. The van der Waals surface area contributed by atoms with E-state index in [0.717, 1.165) is 11.1 Å². The van der Waals surface area contributed by atoms with Gasteiger partial charge >= 0.3 is 5.97 Å². The number of hydrogen-bond donors (Lipinski definition) is 2. The molecule has 4 aromatic rings. The lowest BCUT2D eigenvalue weighted by Gasteiger charge is -2.22. The van der Waals surface area contributed by atoms with Crippen molar-refractivity contribution in [1.29, 1.82) is 0 Å². The van der Waals surface area contributed by atoms with Crippen LogP contribution in [0.5, 0.6) is 5.75 Å². The highest BCUT2D eigenvalue weighted by atomic mass is 79.9. The molecule has 1 amide bonds. The molecule has 10 heteroatoms. The molecule has 0 aliphatic heterocycles. The van der Waals surface area contributed by atoms with Gasteiger partial charge in [-0.25, -0.2) is 8.42 Å². The molecular formula is C32H31BrN2O6S. The van der Waals surface area contributed by atoms with Gasteiger partial charge in [-0.05, 0) is 54.3 Å². The molecule has 4 aromatic carbocycles. The summed E-state index contributed by atoms with van der Waals surface area (Å²) in [4.78, 5) is 26.3. The lowest BCUT2D eigenvalue weighted by molar-refractivity contribution is -0.146. The Bertz CT molecular complexity index is 1590. The van der Waals surface area contributed by atoms with Gasteiger partial charge in [0.25, 0.3) is 5.91 Å². The summed E-state index contributed by atoms with van der Waals surface area (Å²) in [5.41, 5.74) is 2.15. The zero-order valence-corrected chi connectivity index (χ0v) is 25.3. The Balaban J connectivity index is 1.55. The molecule has 42 heavy (non-hydrogen) atoms. The minimum atomic E-state index is -4.21. The van der Waals surface area contributed by atoms with Crippen LogP contribution in [0.25, 0.3) is 0 Å². The van der Waals surface area contributed by atoms with Crippen molar-refractivity contribution in [3.63, 3.8) is 0 Å². The summed E-state index contributed by atoms with van der Waals surface area (Å²) in [6, 6.07) is 30.0. The average molecular weight is 652 g/mol. The van der Waals surface area contributed by atoms with Crippen LogP contribution >= 0.6 is 15.9 Å². The number of amides is 1. The third kappa shape index (κ3) is 8.75. The van der Waals surface area contributed by atoms with Crippen molar-refractivity contribution in [3.8, 4) is 5.75 Å². The molecule has 0 saturated carbocycles. The van der Waals surface area contributed by atoms with Crippen molar-refractivity contribution < 1.29 is 27.5 Å². The van der Waals surface area contributed by atoms with E-state index < -0.39 is 28.1 Å². The zero-order chi connectivity index (χ0) is 30.0. The van der Waals surface area contributed by atoms with Crippen LogP contribution in [-0.4, -0.2) is 46.1 Å². The number of halogens is 1. The number of methoxy groups -OCH3 is 1. The van der Waals surface area contributed by atoms with Gasteiger partial charge in [0, 0.05) is 10.0 Å². The molecule has 0 heterocycles. The fourth-order valence-electron chi connectivity index (χ4n) is 4.33. The van der Waals surface area contributed by atoms with Gasteiger partial charge in [-0.3, -0.25) is 9.59 Å². The monoisotopic (exact) mass is 650 g/mol. The standard InChI is InChI=1S/C32H31BrN2O6S/c1-40-29-18-17-26(33)21-30(29)42(38,39)35-28(20-24-13-7-3-8-14-24)32(37)41-22-27(19-23-11-5-2-6-12-23)34-31(36)25-15-9-4-10-16-25/h2-18,21,27-28,35H,19-20,22H2,1H3,(H,34,36). The number of carbonyl (C=O) groups is 2. The second-order valence-corrected chi connectivity index (χ2v) is 12.1. The van der Waals surface area contributed by atoms with Gasteiger partial charge in [-0.1, -0.05) is 94.8 Å². The van der Waals surface area contributed by atoms with Gasteiger partial charge in [0.2, 0.25) is 10.0 Å². The lowest BCUT2D eigenvalue weighted by Crippen LogP contribution is -2.46. The van der Waals surface area contributed by atoms with Crippen molar-refractivity contribution in [2.75, 3.05) is 13.7 Å². The van der Waals surface area contributed by atoms with Gasteiger partial charge in [-0.15, -0.1) is 0 Å². The van der Waals surface area contributed by atoms with Crippen LogP contribution in [0.1, 0.15) is 21.5 Å². The Morgan fingerprint density at radius 1 is 0.810 bits per heavy atom. The summed E-state index contributed by atoms with van der Waals surface area (Å²) < 4.78 is 40.9. The molecule has 0 bridgehead atoms. The maximum Gasteiger partial charge on any atom is 0.324 e. The van der Waals surface area contributed by atoms with E-state index in [1.54, 1.807) is 54.6 Å². The molecule has 0 spiro atoms. The molecule has 0 aliphatic rings. The zero-order valence-electron chi connectivity index (χ0n) is 22.9. The van der Waals surface area contributed by atoms with Gasteiger partial charge in [0.05, 0.1) is 13.2 Å². The van der Waals surface area contributed by atoms with Crippen LogP contribution in [0.4, 0.5) is 0 Å². The van der Waals surface area contributed by atoms with E-state index in [0.29, 0.717) is 16.5 Å². The first kappa shape index (κ1) is 31.0. The normalized spacial score (nSPS) is 12.6. The highest BCUT2D eigenvalue weighted by molar-refractivity contribution is 9.10. The maximum atomic E-state index is 13.5. The highest BCUT2D eigenvalue weighted by Crippen LogP contribution is 2.27. The van der Waals surface area contributed by atoms with Crippen LogP contribution in [0.3, 0.4) is 0 Å². The minimum Gasteiger partial charge on any atom is -0.495 e. The summed E-state index contributed by atoms with van der Waals surface area (Å²) in [6.07, 6.45) is 0.450. The van der Waals surface area contributed by atoms with E-state index in [2.05, 4.69) is 26.0 Å². The molecular weight excluding hydrogens is 620 g/mol. The largest absolute Gasteiger partial charge is 0.495 e. The first-order valence-electron chi connectivity index (χ1n) is 13.2. The molecule has 8 nitrogen and oxygen atoms in total. The molecule has 0 aliphatic carbocycles. The number of esters is 1. The average Bonchev–Trinajstić information content (AvgIpc) is 3.00. The van der Waals surface area contributed by atoms with E-state index in [1.165, 1.54) is 19.2 Å². The van der Waals surface area contributed by atoms with Crippen LogP contribution in [0, 0.1) is 0 Å². The summed E-state index contributed by atoms with van der Waals surface area (Å²) in [5.74, 6) is -0.955. The number of benzene rings is 4. The second kappa shape index (κ2) is 14.8. The lowest BCUT2D eigenvalue weighted by atomic mass is 10.1. The van der Waals surface area contributed by atoms with Gasteiger partial charge in [-0.2, -0.15) is 4.72 Å². The van der Waals surface area contributed by atoms with Crippen molar-refractivity contribution >= 4 is 37.8 Å². The van der Waals surface area contributed by atoms with Crippen LogP contribution in [-0.2, 0) is 32.4 Å². The number of nitrogens with one attached hydrogen (secondary N) is 2. The minimum absolute atomic E-state index is 0.0505. The molecule has 2 N–H and O–H groups in total. The summed E-state index contributed by atoms with van der Waals surface area (Å²) in [5, 5.41) is 2.94. The Morgan fingerprint density at radius 3 is 1.98 bits per heavy atom. The van der Waals surface area contributed by atoms with Crippen LogP contribution in [0.15, 0.2) is 119 Å². The number of carbonyl (C=O) groups excluding carboxylic acids is 2. The van der Waals surface area contributed by atoms with Crippen molar-refractivity contribution in [3.05, 3.63) is 130 Å². The molecule has 0 saturated heterocycles. The SMILES string of the molecule is COc1ccc(Br)cc1S(=O)(=O)NC(Cc1ccccc1)C(=O)OCC(Cc1ccccc1)NC(=O)c1ccccc1. The predicted molar refractivity (Wildman–Crippen MR) is 164 cm³/mol. The van der Waals surface area contributed by atoms with E-state index in [9.17, 15) is 18.0 Å². The quantitative estimate of drug-likeness (QED) is 0.199. The number of ether oxygens (including phenoxy) is 2. The van der Waals surface area contributed by atoms with Gasteiger partial charge in [0.1, 0.15) is 23.3 Å². The second-order valence-electron chi connectivity index (χ2n) is 9.51. The Morgan fingerprint density at radius 2 is 1.38 bits per heavy atom. The first-order chi connectivity index (χ1) is 20.2. The van der Waals surface area contributed by atoms with E-state index in [4.69, 9.17) is 9.47 Å². The fourth-order valence-corrected chi connectivity index (χ4v) is 6.22. The molecule has 4 rings (SSSR count).